The molecule has 0 unspecified atom stereocenters. The van der Waals surface area contributed by atoms with E-state index in [-0.39, 0.29) is 43.6 Å². The van der Waals surface area contributed by atoms with Gasteiger partial charge in [0, 0.05) is 69.3 Å². The molecule has 0 radical (unpaired) electrons. The van der Waals surface area contributed by atoms with Crippen LogP contribution in [0.4, 0.5) is 9.80 Å². The van der Waals surface area contributed by atoms with Crippen molar-refractivity contribution >= 4 is 44.3 Å². The standard InChI is InChI=1S/C33H39N5O6S2/c1-2-44-33(41)37-18-20-38(21-19-37)46(42,43)26-12-10-25(11-13-26)30(39)34-31-29(32(40)36-15-6-7-16-36)27-14-17-35(23-28(27)45-31)22-24-8-4-3-5-9-24/h3-5,8-13H,2,6-7,14-23H2,1H3,(H,34,39). The van der Waals surface area contributed by atoms with E-state index in [4.69, 9.17) is 4.74 Å². The number of thiophene rings is 1. The van der Waals surface area contributed by atoms with Crippen LogP contribution in [-0.4, -0.2) is 97.8 Å². The number of anilines is 1. The summed E-state index contributed by atoms with van der Waals surface area (Å²) in [6, 6.07) is 16.1. The summed E-state index contributed by atoms with van der Waals surface area (Å²) in [5, 5.41) is 3.55. The Morgan fingerprint density at radius 3 is 2.24 bits per heavy atom. The Hall–Kier alpha value is -3.78. The van der Waals surface area contributed by atoms with Crippen molar-refractivity contribution in [3.05, 3.63) is 81.7 Å². The smallest absolute Gasteiger partial charge is 0.409 e. The van der Waals surface area contributed by atoms with Gasteiger partial charge in [0.1, 0.15) is 5.00 Å². The van der Waals surface area contributed by atoms with Gasteiger partial charge in [-0.1, -0.05) is 30.3 Å². The summed E-state index contributed by atoms with van der Waals surface area (Å²) in [6.07, 6.45) is 2.22. The molecule has 6 rings (SSSR count). The van der Waals surface area contributed by atoms with Crippen molar-refractivity contribution in [1.29, 1.82) is 0 Å². The number of piperazine rings is 1. The summed E-state index contributed by atoms with van der Waals surface area (Å²) in [5.74, 6) is -0.437. The van der Waals surface area contributed by atoms with Crippen molar-refractivity contribution in [3.63, 3.8) is 0 Å². The molecule has 0 aliphatic carbocycles. The van der Waals surface area contributed by atoms with E-state index in [9.17, 15) is 22.8 Å². The van der Waals surface area contributed by atoms with E-state index in [1.54, 1.807) is 6.92 Å². The molecule has 3 aromatic rings. The molecule has 2 aromatic carbocycles. The van der Waals surface area contributed by atoms with Crippen molar-refractivity contribution < 1.29 is 27.5 Å². The van der Waals surface area contributed by atoms with Crippen molar-refractivity contribution in [2.24, 2.45) is 0 Å². The van der Waals surface area contributed by atoms with E-state index in [0.717, 1.165) is 42.8 Å². The van der Waals surface area contributed by atoms with Crippen LogP contribution in [0.15, 0.2) is 59.5 Å². The first kappa shape index (κ1) is 32.2. The monoisotopic (exact) mass is 665 g/mol. The molecule has 244 valence electrons. The summed E-state index contributed by atoms with van der Waals surface area (Å²) in [7, 11) is -3.81. The SMILES string of the molecule is CCOC(=O)N1CCN(S(=O)(=O)c2ccc(C(=O)Nc3sc4c(c3C(=O)N3CCCC3)CCN(Cc3ccccc3)C4)cc2)CC1. The molecule has 2 saturated heterocycles. The summed E-state index contributed by atoms with van der Waals surface area (Å²) in [5.41, 5.74) is 3.14. The van der Waals surface area contributed by atoms with Crippen LogP contribution in [0.1, 0.15) is 56.5 Å². The summed E-state index contributed by atoms with van der Waals surface area (Å²) in [6.45, 7) is 6.54. The average Bonchev–Trinajstić information content (AvgIpc) is 3.73. The number of ether oxygens (including phenoxy) is 1. The van der Waals surface area contributed by atoms with E-state index in [1.165, 1.54) is 50.4 Å². The average molecular weight is 666 g/mol. The highest BCUT2D eigenvalue weighted by Crippen LogP contribution is 2.39. The lowest BCUT2D eigenvalue weighted by atomic mass is 10.0. The first-order chi connectivity index (χ1) is 22.2. The minimum Gasteiger partial charge on any atom is -0.450 e. The second-order valence-corrected chi connectivity index (χ2v) is 14.8. The lowest BCUT2D eigenvalue weighted by molar-refractivity contribution is 0.0792. The lowest BCUT2D eigenvalue weighted by Crippen LogP contribution is -2.50. The number of likely N-dealkylation sites (tertiary alicyclic amines) is 1. The maximum absolute atomic E-state index is 13.8. The van der Waals surface area contributed by atoms with Crippen LogP contribution in [0, 0.1) is 0 Å². The Morgan fingerprint density at radius 1 is 0.870 bits per heavy atom. The number of hydrogen-bond acceptors (Lipinski definition) is 8. The van der Waals surface area contributed by atoms with Crippen LogP contribution < -0.4 is 5.32 Å². The molecule has 13 heteroatoms. The fraction of sp³-hybridized carbons (Fsp3) is 0.424. The number of carbonyl (C=O) groups excluding carboxylic acids is 3. The van der Waals surface area contributed by atoms with Crippen LogP contribution in [0.3, 0.4) is 0 Å². The summed E-state index contributed by atoms with van der Waals surface area (Å²) >= 11 is 1.46. The number of sulfonamides is 1. The minimum absolute atomic E-state index is 0.0358. The molecule has 46 heavy (non-hydrogen) atoms. The van der Waals surface area contributed by atoms with E-state index in [0.29, 0.717) is 35.8 Å². The van der Waals surface area contributed by atoms with Crippen molar-refractivity contribution in [3.8, 4) is 0 Å². The van der Waals surface area contributed by atoms with Gasteiger partial charge in [-0.2, -0.15) is 4.31 Å². The molecule has 11 nitrogen and oxygen atoms in total. The Balaban J connectivity index is 1.17. The number of rotatable bonds is 8. The molecule has 0 bridgehead atoms. The largest absolute Gasteiger partial charge is 0.450 e. The van der Waals surface area contributed by atoms with E-state index in [1.807, 2.05) is 23.1 Å². The Bertz CT molecular complexity index is 1680. The van der Waals surface area contributed by atoms with E-state index < -0.39 is 22.0 Å². The molecule has 1 aromatic heterocycles. The molecule has 0 spiro atoms. The van der Waals surface area contributed by atoms with Crippen molar-refractivity contribution in [2.45, 2.75) is 44.2 Å². The molecular formula is C33H39N5O6S2. The first-order valence-corrected chi connectivity index (χ1v) is 18.0. The van der Waals surface area contributed by atoms with Crippen LogP contribution in [0.2, 0.25) is 0 Å². The molecule has 0 saturated carbocycles. The topological polar surface area (TPSA) is 120 Å². The van der Waals surface area contributed by atoms with Gasteiger partial charge < -0.3 is 19.9 Å². The van der Waals surface area contributed by atoms with Gasteiger partial charge in [0.2, 0.25) is 10.0 Å². The zero-order chi connectivity index (χ0) is 32.3. The Kier molecular flexibility index (Phi) is 9.73. The van der Waals surface area contributed by atoms with Gasteiger partial charge in [0.15, 0.2) is 0 Å². The molecule has 4 heterocycles. The molecule has 0 atom stereocenters. The second kappa shape index (κ2) is 13.9. The van der Waals surface area contributed by atoms with Gasteiger partial charge in [-0.25, -0.2) is 13.2 Å². The number of hydrogen-bond donors (Lipinski definition) is 1. The summed E-state index contributed by atoms with van der Waals surface area (Å²) < 4.78 is 33.0. The molecule has 2 fully saturated rings. The van der Waals surface area contributed by atoms with Gasteiger partial charge in [0.25, 0.3) is 11.8 Å². The predicted octanol–water partition coefficient (Wildman–Crippen LogP) is 4.26. The zero-order valence-corrected chi connectivity index (χ0v) is 27.6. The number of nitrogens with one attached hydrogen (secondary N) is 1. The number of amides is 3. The van der Waals surface area contributed by atoms with Gasteiger partial charge in [-0.05, 0) is 61.6 Å². The number of carbonyl (C=O) groups is 3. The van der Waals surface area contributed by atoms with Crippen LogP contribution in [0.25, 0.3) is 0 Å². The number of nitrogens with zero attached hydrogens (tertiary/aromatic N) is 4. The molecule has 3 amide bonds. The number of fused-ring (bicyclic) bond motifs is 1. The maximum atomic E-state index is 13.8. The fourth-order valence-electron chi connectivity index (χ4n) is 6.25. The van der Waals surface area contributed by atoms with Gasteiger partial charge in [0.05, 0.1) is 17.1 Å². The number of benzene rings is 2. The summed E-state index contributed by atoms with van der Waals surface area (Å²) in [4.78, 5) is 46.1. The van der Waals surface area contributed by atoms with Crippen molar-refractivity contribution in [2.75, 3.05) is 57.7 Å². The van der Waals surface area contributed by atoms with Gasteiger partial charge in [-0.3, -0.25) is 14.5 Å². The van der Waals surface area contributed by atoms with Crippen molar-refractivity contribution in [1.82, 2.24) is 19.0 Å². The van der Waals surface area contributed by atoms with E-state index >= 15 is 0 Å². The zero-order valence-electron chi connectivity index (χ0n) is 25.9. The van der Waals surface area contributed by atoms with E-state index in [2.05, 4.69) is 22.3 Å². The molecular weight excluding hydrogens is 627 g/mol. The highest BCUT2D eigenvalue weighted by molar-refractivity contribution is 7.89. The maximum Gasteiger partial charge on any atom is 0.409 e. The van der Waals surface area contributed by atoms with Crippen LogP contribution in [0.5, 0.6) is 0 Å². The highest BCUT2D eigenvalue weighted by atomic mass is 32.2. The molecule has 3 aliphatic rings. The third-order valence-corrected chi connectivity index (χ3v) is 11.8. The normalized spacial score (nSPS) is 17.5. The minimum atomic E-state index is -3.81. The molecule has 1 N–H and O–H groups in total. The first-order valence-electron chi connectivity index (χ1n) is 15.8. The van der Waals surface area contributed by atoms with Crippen LogP contribution >= 0.6 is 11.3 Å². The van der Waals surface area contributed by atoms with Gasteiger partial charge >= 0.3 is 6.09 Å². The third-order valence-electron chi connectivity index (χ3n) is 8.74. The van der Waals surface area contributed by atoms with Crippen LogP contribution in [-0.2, 0) is 34.3 Å². The quantitative estimate of drug-likeness (QED) is 0.382. The predicted molar refractivity (Wildman–Crippen MR) is 175 cm³/mol. The molecule has 3 aliphatic heterocycles. The van der Waals surface area contributed by atoms with Gasteiger partial charge in [-0.15, -0.1) is 11.3 Å². The third kappa shape index (κ3) is 6.82. The lowest BCUT2D eigenvalue weighted by Gasteiger charge is -2.33. The Morgan fingerprint density at radius 2 is 1.57 bits per heavy atom. The highest BCUT2D eigenvalue weighted by Gasteiger charge is 2.33. The second-order valence-electron chi connectivity index (χ2n) is 11.7. The Labute approximate surface area is 273 Å². The fourth-order valence-corrected chi connectivity index (χ4v) is 8.95.